The Kier molecular flexibility index (Phi) is 3.06. The molecule has 0 aliphatic carbocycles. The van der Waals surface area contributed by atoms with E-state index in [1.54, 1.807) is 4.90 Å². The molecule has 1 aliphatic rings. The van der Waals surface area contributed by atoms with Crippen LogP contribution in [0.4, 0.5) is 9.52 Å². The first-order valence-electron chi connectivity index (χ1n) is 4.90. The molecule has 2 rings (SSSR count). The number of piperidine rings is 1. The van der Waals surface area contributed by atoms with Gasteiger partial charge in [0.05, 0.1) is 6.20 Å². The van der Waals surface area contributed by atoms with Crippen LogP contribution in [0, 0.1) is 0 Å². The second-order valence-electron chi connectivity index (χ2n) is 3.69. The van der Waals surface area contributed by atoms with Gasteiger partial charge in [-0.1, -0.05) is 11.3 Å². The van der Waals surface area contributed by atoms with E-state index in [1.807, 2.05) is 0 Å². The van der Waals surface area contributed by atoms with E-state index < -0.39 is 18.2 Å². The van der Waals surface area contributed by atoms with E-state index in [9.17, 15) is 14.3 Å². The number of aromatic nitrogens is 1. The van der Waals surface area contributed by atoms with Crippen LogP contribution in [0.3, 0.4) is 0 Å². The SMILES string of the molecule is NC(=O)c1cnc(N2CC[C@@H](F)[C@H](O)C2)s1. The third-order valence-corrected chi connectivity index (χ3v) is 3.58. The number of nitrogens with two attached hydrogens (primary N) is 1. The van der Waals surface area contributed by atoms with Crippen molar-refractivity contribution in [2.24, 2.45) is 5.73 Å². The molecule has 88 valence electrons. The molecule has 5 nitrogen and oxygen atoms in total. The summed E-state index contributed by atoms with van der Waals surface area (Å²) in [5.74, 6) is -0.523. The van der Waals surface area contributed by atoms with Gasteiger partial charge in [-0.25, -0.2) is 9.37 Å². The van der Waals surface area contributed by atoms with Gasteiger partial charge in [0.2, 0.25) is 0 Å². The molecule has 0 radical (unpaired) electrons. The lowest BCUT2D eigenvalue weighted by Gasteiger charge is -2.31. The molecule has 1 fully saturated rings. The van der Waals surface area contributed by atoms with Crippen LogP contribution >= 0.6 is 11.3 Å². The highest BCUT2D eigenvalue weighted by Gasteiger charge is 2.28. The van der Waals surface area contributed by atoms with E-state index in [0.29, 0.717) is 16.6 Å². The van der Waals surface area contributed by atoms with Crippen LogP contribution in [-0.2, 0) is 0 Å². The Hall–Kier alpha value is -1.21. The van der Waals surface area contributed by atoms with Crippen LogP contribution in [0.2, 0.25) is 0 Å². The van der Waals surface area contributed by atoms with Crippen molar-refractivity contribution >= 4 is 22.4 Å². The minimum atomic E-state index is -1.17. The third-order valence-electron chi connectivity index (χ3n) is 2.51. The number of rotatable bonds is 2. The van der Waals surface area contributed by atoms with Crippen LogP contribution in [0.5, 0.6) is 0 Å². The highest BCUT2D eigenvalue weighted by Crippen LogP contribution is 2.26. The fourth-order valence-corrected chi connectivity index (χ4v) is 2.40. The van der Waals surface area contributed by atoms with Gasteiger partial charge >= 0.3 is 0 Å². The first-order chi connectivity index (χ1) is 7.58. The van der Waals surface area contributed by atoms with Gasteiger partial charge in [0.15, 0.2) is 5.13 Å². The van der Waals surface area contributed by atoms with E-state index >= 15 is 0 Å². The number of primary amides is 1. The van der Waals surface area contributed by atoms with Crippen molar-refractivity contribution in [1.29, 1.82) is 0 Å². The van der Waals surface area contributed by atoms with Gasteiger partial charge < -0.3 is 15.7 Å². The van der Waals surface area contributed by atoms with Crippen LogP contribution in [0.15, 0.2) is 6.20 Å². The Morgan fingerprint density at radius 3 is 3.06 bits per heavy atom. The average molecular weight is 245 g/mol. The zero-order valence-corrected chi connectivity index (χ0v) is 9.28. The largest absolute Gasteiger partial charge is 0.388 e. The maximum atomic E-state index is 13.0. The Balaban J connectivity index is 2.09. The van der Waals surface area contributed by atoms with Crippen LogP contribution in [0.25, 0.3) is 0 Å². The number of carbonyl (C=O) groups is 1. The van der Waals surface area contributed by atoms with Crippen molar-refractivity contribution < 1.29 is 14.3 Å². The molecule has 0 bridgehead atoms. The minimum Gasteiger partial charge on any atom is -0.388 e. The lowest BCUT2D eigenvalue weighted by molar-refractivity contribution is 0.0645. The zero-order chi connectivity index (χ0) is 11.7. The van der Waals surface area contributed by atoms with Gasteiger partial charge in [-0.05, 0) is 6.42 Å². The summed E-state index contributed by atoms with van der Waals surface area (Å²) < 4.78 is 13.0. The van der Waals surface area contributed by atoms with Gasteiger partial charge in [-0.15, -0.1) is 0 Å². The Morgan fingerprint density at radius 2 is 2.50 bits per heavy atom. The van der Waals surface area contributed by atoms with Gasteiger partial charge in [-0.3, -0.25) is 4.79 Å². The summed E-state index contributed by atoms with van der Waals surface area (Å²) in [4.78, 5) is 17.0. The summed E-state index contributed by atoms with van der Waals surface area (Å²) in [6.45, 7) is 0.691. The normalized spacial score (nSPS) is 25.8. The number of nitrogens with zero attached hydrogens (tertiary/aromatic N) is 2. The summed E-state index contributed by atoms with van der Waals surface area (Å²) in [7, 11) is 0. The number of hydrogen-bond donors (Lipinski definition) is 2. The zero-order valence-electron chi connectivity index (χ0n) is 8.47. The summed E-state index contributed by atoms with van der Waals surface area (Å²) in [5, 5.41) is 9.99. The van der Waals surface area contributed by atoms with Crippen molar-refractivity contribution in [1.82, 2.24) is 4.98 Å². The summed E-state index contributed by atoms with van der Waals surface area (Å²) >= 11 is 1.16. The molecular formula is C9H12FN3O2S. The molecule has 2 atom stereocenters. The van der Waals surface area contributed by atoms with E-state index in [-0.39, 0.29) is 13.0 Å². The van der Waals surface area contributed by atoms with E-state index in [1.165, 1.54) is 6.20 Å². The number of aliphatic hydroxyl groups excluding tert-OH is 1. The van der Waals surface area contributed by atoms with Gasteiger partial charge in [0.1, 0.15) is 17.2 Å². The number of anilines is 1. The molecule has 3 N–H and O–H groups in total. The molecule has 16 heavy (non-hydrogen) atoms. The maximum Gasteiger partial charge on any atom is 0.260 e. The molecular weight excluding hydrogens is 233 g/mol. The summed E-state index contributed by atoms with van der Waals surface area (Å²) in [5.41, 5.74) is 5.11. The Bertz CT molecular complexity index is 398. The lowest BCUT2D eigenvalue weighted by Crippen LogP contribution is -2.44. The number of aliphatic hydroxyl groups is 1. The molecule has 1 aromatic heterocycles. The highest BCUT2D eigenvalue weighted by molar-refractivity contribution is 7.17. The van der Waals surface area contributed by atoms with Crippen molar-refractivity contribution in [3.8, 4) is 0 Å². The standard InChI is InChI=1S/C9H12FN3O2S/c10-5-1-2-13(4-6(5)14)9-12-3-7(16-9)8(11)15/h3,5-6,14H,1-2,4H2,(H2,11,15)/t5-,6-/m1/s1. The number of hydrogen-bond acceptors (Lipinski definition) is 5. The summed E-state index contributed by atoms with van der Waals surface area (Å²) in [6.07, 6.45) is -0.496. The lowest BCUT2D eigenvalue weighted by atomic mass is 10.1. The molecule has 0 aromatic carbocycles. The number of amides is 1. The van der Waals surface area contributed by atoms with E-state index in [0.717, 1.165) is 11.3 Å². The maximum absolute atomic E-state index is 13.0. The average Bonchev–Trinajstić information content (AvgIpc) is 2.71. The van der Waals surface area contributed by atoms with E-state index in [4.69, 9.17) is 5.73 Å². The fourth-order valence-electron chi connectivity index (χ4n) is 1.60. The molecule has 1 aliphatic heterocycles. The predicted molar refractivity (Wildman–Crippen MR) is 58.4 cm³/mol. The van der Waals surface area contributed by atoms with Crippen LogP contribution in [0.1, 0.15) is 16.1 Å². The Labute approximate surface area is 95.7 Å². The van der Waals surface area contributed by atoms with E-state index in [2.05, 4.69) is 4.98 Å². The number of β-amino-alcohol motifs (C(OH)–C–C–N with tert-alkyl or cyclic N) is 1. The Morgan fingerprint density at radius 1 is 1.75 bits per heavy atom. The molecule has 7 heteroatoms. The highest BCUT2D eigenvalue weighted by atomic mass is 32.1. The van der Waals surface area contributed by atoms with Gasteiger partial charge in [0.25, 0.3) is 5.91 Å². The number of thiazole rings is 1. The first-order valence-corrected chi connectivity index (χ1v) is 5.72. The first kappa shape index (κ1) is 11.3. The monoisotopic (exact) mass is 245 g/mol. The minimum absolute atomic E-state index is 0.201. The van der Waals surface area contributed by atoms with Crippen molar-refractivity contribution in [2.75, 3.05) is 18.0 Å². The number of carbonyl (C=O) groups excluding carboxylic acids is 1. The molecule has 1 saturated heterocycles. The number of alkyl halides is 1. The van der Waals surface area contributed by atoms with Crippen LogP contribution in [-0.4, -0.2) is 41.4 Å². The predicted octanol–water partition coefficient (Wildman–Crippen LogP) is 0.151. The fraction of sp³-hybridized carbons (Fsp3) is 0.556. The molecule has 2 heterocycles. The topological polar surface area (TPSA) is 79.5 Å². The summed E-state index contributed by atoms with van der Waals surface area (Å²) in [6, 6.07) is 0. The molecule has 0 saturated carbocycles. The molecule has 1 aromatic rings. The smallest absolute Gasteiger partial charge is 0.260 e. The van der Waals surface area contributed by atoms with Gasteiger partial charge in [0, 0.05) is 13.1 Å². The quantitative estimate of drug-likeness (QED) is 0.777. The molecule has 0 spiro atoms. The molecule has 0 unspecified atom stereocenters. The van der Waals surface area contributed by atoms with Gasteiger partial charge in [-0.2, -0.15) is 0 Å². The molecule has 1 amide bonds. The van der Waals surface area contributed by atoms with Crippen molar-refractivity contribution in [2.45, 2.75) is 18.7 Å². The number of halogens is 1. The second kappa shape index (κ2) is 4.34. The third kappa shape index (κ3) is 2.14. The van der Waals surface area contributed by atoms with Crippen molar-refractivity contribution in [3.63, 3.8) is 0 Å². The second-order valence-corrected chi connectivity index (χ2v) is 4.70. The van der Waals surface area contributed by atoms with Crippen molar-refractivity contribution in [3.05, 3.63) is 11.1 Å². The van der Waals surface area contributed by atoms with Crippen LogP contribution < -0.4 is 10.6 Å².